The van der Waals surface area contributed by atoms with Gasteiger partial charge in [-0.15, -0.1) is 0 Å². The first kappa shape index (κ1) is 15.7. The molecule has 4 rings (SSSR count). The predicted molar refractivity (Wildman–Crippen MR) is 95.3 cm³/mol. The van der Waals surface area contributed by atoms with Gasteiger partial charge in [-0.2, -0.15) is 5.10 Å². The van der Waals surface area contributed by atoms with Crippen LogP contribution in [0.5, 0.6) is 0 Å². The zero-order valence-corrected chi connectivity index (χ0v) is 14.3. The molecule has 0 aliphatic heterocycles. The molecule has 4 nitrogen and oxygen atoms in total. The highest BCUT2D eigenvalue weighted by atomic mass is 19.1. The molecule has 0 fully saturated rings. The third kappa shape index (κ3) is 2.97. The Balaban J connectivity index is 1.84. The quantitative estimate of drug-likeness (QED) is 0.723. The molecule has 1 aliphatic rings. The van der Waals surface area contributed by atoms with Gasteiger partial charge in [0.1, 0.15) is 11.5 Å². The van der Waals surface area contributed by atoms with E-state index in [1.165, 1.54) is 6.07 Å². The first-order valence-electron chi connectivity index (χ1n) is 8.33. The van der Waals surface area contributed by atoms with E-state index in [1.54, 1.807) is 30.6 Å². The fourth-order valence-electron chi connectivity index (χ4n) is 3.18. The Morgan fingerprint density at radius 1 is 1.12 bits per heavy atom. The second-order valence-corrected chi connectivity index (χ2v) is 7.03. The number of aromatic nitrogens is 4. The van der Waals surface area contributed by atoms with E-state index in [0.717, 1.165) is 23.4 Å². The van der Waals surface area contributed by atoms with Gasteiger partial charge in [-0.3, -0.25) is 4.68 Å². The Labute approximate surface area is 146 Å². The lowest BCUT2D eigenvalue weighted by molar-refractivity contribution is 0.449. The van der Waals surface area contributed by atoms with E-state index in [4.69, 9.17) is 5.10 Å². The SMILES string of the molecule is CC1(C)C=Cc2c(-c3ncccn3)nn(Cc3ccccc3F)c2C1. The average molecular weight is 334 g/mol. The van der Waals surface area contributed by atoms with Crippen molar-refractivity contribution in [1.29, 1.82) is 0 Å². The van der Waals surface area contributed by atoms with E-state index in [0.29, 0.717) is 17.9 Å². The summed E-state index contributed by atoms with van der Waals surface area (Å²) in [5, 5.41) is 4.74. The number of fused-ring (bicyclic) bond motifs is 1. The van der Waals surface area contributed by atoms with Gasteiger partial charge in [0.2, 0.25) is 0 Å². The molecule has 2 heterocycles. The number of rotatable bonds is 3. The predicted octanol–water partition coefficient (Wildman–Crippen LogP) is 4.12. The van der Waals surface area contributed by atoms with Crippen molar-refractivity contribution in [1.82, 2.24) is 19.7 Å². The summed E-state index contributed by atoms with van der Waals surface area (Å²) in [6.07, 6.45) is 8.54. The highest BCUT2D eigenvalue weighted by Gasteiger charge is 2.28. The van der Waals surface area contributed by atoms with Crippen LogP contribution >= 0.6 is 0 Å². The molecule has 0 saturated carbocycles. The minimum absolute atomic E-state index is 0.0365. The molecule has 2 aromatic heterocycles. The molecule has 0 atom stereocenters. The number of allylic oxidation sites excluding steroid dienone is 1. The average Bonchev–Trinajstić information content (AvgIpc) is 2.94. The van der Waals surface area contributed by atoms with Crippen molar-refractivity contribution >= 4 is 6.08 Å². The van der Waals surface area contributed by atoms with Crippen LogP contribution in [0.15, 0.2) is 48.8 Å². The Hall–Kier alpha value is -2.82. The van der Waals surface area contributed by atoms with Crippen molar-refractivity contribution in [2.24, 2.45) is 5.41 Å². The molecular weight excluding hydrogens is 315 g/mol. The van der Waals surface area contributed by atoms with Gasteiger partial charge in [0.15, 0.2) is 5.82 Å². The summed E-state index contributed by atoms with van der Waals surface area (Å²) in [4.78, 5) is 8.67. The minimum atomic E-state index is -0.213. The van der Waals surface area contributed by atoms with Gasteiger partial charge in [-0.1, -0.05) is 44.2 Å². The first-order valence-corrected chi connectivity index (χ1v) is 8.33. The highest BCUT2D eigenvalue weighted by molar-refractivity contribution is 5.71. The van der Waals surface area contributed by atoms with Crippen molar-refractivity contribution in [2.45, 2.75) is 26.8 Å². The lowest BCUT2D eigenvalue weighted by atomic mass is 9.82. The summed E-state index contributed by atoms with van der Waals surface area (Å²) in [5.41, 5.74) is 3.54. The number of hydrogen-bond acceptors (Lipinski definition) is 3. The Morgan fingerprint density at radius 3 is 2.64 bits per heavy atom. The molecule has 1 aliphatic carbocycles. The van der Waals surface area contributed by atoms with E-state index in [9.17, 15) is 4.39 Å². The van der Waals surface area contributed by atoms with Gasteiger partial charge < -0.3 is 0 Å². The van der Waals surface area contributed by atoms with Crippen molar-refractivity contribution in [2.75, 3.05) is 0 Å². The van der Waals surface area contributed by atoms with Crippen LogP contribution in [0.2, 0.25) is 0 Å². The fraction of sp³-hybridized carbons (Fsp3) is 0.250. The zero-order chi connectivity index (χ0) is 17.4. The van der Waals surface area contributed by atoms with Crippen LogP contribution in [0.25, 0.3) is 17.6 Å². The maximum Gasteiger partial charge on any atom is 0.180 e. The standard InChI is InChI=1S/C20H19FN4/c1-20(2)9-8-15-17(12-20)25(13-14-6-3-4-7-16(14)21)24-18(15)19-22-10-5-11-23-19/h3-11H,12-13H2,1-2H3. The van der Waals surface area contributed by atoms with Gasteiger partial charge in [-0.25, -0.2) is 14.4 Å². The molecule has 126 valence electrons. The summed E-state index contributed by atoms with van der Waals surface area (Å²) in [6.45, 7) is 4.77. The van der Waals surface area contributed by atoms with Gasteiger partial charge in [0.05, 0.1) is 6.54 Å². The third-order valence-corrected chi connectivity index (χ3v) is 4.48. The van der Waals surface area contributed by atoms with E-state index < -0.39 is 0 Å². The van der Waals surface area contributed by atoms with E-state index in [-0.39, 0.29) is 11.2 Å². The molecule has 0 saturated heterocycles. The molecule has 0 spiro atoms. The normalized spacial score (nSPS) is 15.2. The zero-order valence-electron chi connectivity index (χ0n) is 14.3. The molecule has 0 bridgehead atoms. The smallest absolute Gasteiger partial charge is 0.180 e. The van der Waals surface area contributed by atoms with Crippen molar-refractivity contribution < 1.29 is 4.39 Å². The summed E-state index contributed by atoms with van der Waals surface area (Å²) < 4.78 is 16.0. The monoisotopic (exact) mass is 334 g/mol. The number of hydrogen-bond donors (Lipinski definition) is 0. The lowest BCUT2D eigenvalue weighted by Gasteiger charge is -2.25. The topological polar surface area (TPSA) is 43.6 Å². The number of benzene rings is 1. The summed E-state index contributed by atoms with van der Waals surface area (Å²) in [6, 6.07) is 8.61. The summed E-state index contributed by atoms with van der Waals surface area (Å²) >= 11 is 0. The second-order valence-electron chi connectivity index (χ2n) is 7.03. The van der Waals surface area contributed by atoms with Gasteiger partial charge >= 0.3 is 0 Å². The summed E-state index contributed by atoms with van der Waals surface area (Å²) in [7, 11) is 0. The molecule has 25 heavy (non-hydrogen) atoms. The number of nitrogens with zero attached hydrogens (tertiary/aromatic N) is 4. The van der Waals surface area contributed by atoms with E-state index >= 15 is 0 Å². The second kappa shape index (κ2) is 5.92. The van der Waals surface area contributed by atoms with Crippen LogP contribution in [0.1, 0.15) is 30.7 Å². The molecule has 3 aromatic rings. The molecule has 0 amide bonds. The fourth-order valence-corrected chi connectivity index (χ4v) is 3.18. The first-order chi connectivity index (χ1) is 12.0. The van der Waals surface area contributed by atoms with E-state index in [1.807, 2.05) is 10.7 Å². The van der Waals surface area contributed by atoms with Gasteiger partial charge in [0, 0.05) is 29.2 Å². The Kier molecular flexibility index (Phi) is 3.71. The maximum atomic E-state index is 14.1. The van der Waals surface area contributed by atoms with Crippen LogP contribution in [0, 0.1) is 11.2 Å². The van der Waals surface area contributed by atoms with Crippen molar-refractivity contribution in [3.8, 4) is 11.5 Å². The van der Waals surface area contributed by atoms with Crippen molar-refractivity contribution in [3.63, 3.8) is 0 Å². The molecular formula is C20H19FN4. The van der Waals surface area contributed by atoms with Crippen LogP contribution in [0.4, 0.5) is 4.39 Å². The maximum absolute atomic E-state index is 14.1. The largest absolute Gasteiger partial charge is 0.264 e. The number of halogens is 1. The molecule has 1 aromatic carbocycles. The van der Waals surface area contributed by atoms with Gasteiger partial charge in [0.25, 0.3) is 0 Å². The van der Waals surface area contributed by atoms with Crippen LogP contribution in [-0.2, 0) is 13.0 Å². The Morgan fingerprint density at radius 2 is 1.88 bits per heavy atom. The molecule has 0 N–H and O–H groups in total. The lowest BCUT2D eigenvalue weighted by Crippen LogP contribution is -2.19. The Bertz CT molecular complexity index is 942. The van der Waals surface area contributed by atoms with Crippen LogP contribution in [-0.4, -0.2) is 19.7 Å². The summed E-state index contributed by atoms with van der Waals surface area (Å²) in [5.74, 6) is 0.380. The molecule has 5 heteroatoms. The molecule has 0 radical (unpaired) electrons. The third-order valence-electron chi connectivity index (χ3n) is 4.48. The van der Waals surface area contributed by atoms with Gasteiger partial charge in [-0.05, 0) is 24.0 Å². The van der Waals surface area contributed by atoms with Crippen molar-refractivity contribution in [3.05, 3.63) is 71.4 Å². The van der Waals surface area contributed by atoms with E-state index in [2.05, 4.69) is 36.0 Å². The highest BCUT2D eigenvalue weighted by Crippen LogP contribution is 2.36. The minimum Gasteiger partial charge on any atom is -0.264 e. The molecule has 0 unspecified atom stereocenters. The van der Waals surface area contributed by atoms with Crippen LogP contribution in [0.3, 0.4) is 0 Å². The van der Waals surface area contributed by atoms with Crippen LogP contribution < -0.4 is 0 Å².